The second-order valence-corrected chi connectivity index (χ2v) is 20.9. The molecule has 13 rings (SSSR count). The van der Waals surface area contributed by atoms with Gasteiger partial charge >= 0.3 is 0 Å². The number of hydrogen-bond donors (Lipinski definition) is 0. The maximum Gasteiger partial charge on any atom is 0.0727 e. The molecule has 0 fully saturated rings. The smallest absolute Gasteiger partial charge is 0.0727 e. The summed E-state index contributed by atoms with van der Waals surface area (Å²) in [6.07, 6.45) is 0. The second-order valence-electron chi connectivity index (χ2n) is 20.9. The predicted octanol–water partition coefficient (Wildman–Crippen LogP) is 18.2. The highest BCUT2D eigenvalue weighted by atomic mass is 15.1. The van der Waals surface area contributed by atoms with E-state index in [1.165, 1.54) is 83.5 Å². The number of hydrogen-bond acceptors (Lipinski definition) is 2. The minimum Gasteiger partial charge on any atom is -0.310 e. The molecular formula is C68H54N2. The van der Waals surface area contributed by atoms with Gasteiger partial charge in [-0.2, -0.15) is 0 Å². The van der Waals surface area contributed by atoms with Crippen molar-refractivity contribution in [1.29, 1.82) is 0 Å². The van der Waals surface area contributed by atoms with Crippen LogP contribution in [0.4, 0.5) is 34.1 Å². The van der Waals surface area contributed by atoms with Gasteiger partial charge in [0.15, 0.2) is 0 Å². The normalized spacial score (nSPS) is 15.4. The number of para-hydroxylation sites is 3. The van der Waals surface area contributed by atoms with Crippen LogP contribution in [0.2, 0.25) is 0 Å². The van der Waals surface area contributed by atoms with E-state index in [9.17, 15) is 0 Å². The topological polar surface area (TPSA) is 6.48 Å². The Kier molecular flexibility index (Phi) is 9.39. The summed E-state index contributed by atoms with van der Waals surface area (Å²) < 4.78 is 0. The maximum atomic E-state index is 2.55. The Hall–Kier alpha value is -8.20. The molecule has 10 aromatic carbocycles. The molecule has 2 nitrogen and oxygen atoms in total. The SMILES string of the molecule is CC(C)(C)c1ccc2c(c1)-c1ccc(N(c3ccccc3)c3ccc4c(c3)-c3ccccc3C4(C)C)cc1C21c2ccccc2-c2cc(-c3ccccc3)c(N(c3ccccc3)c3ccccc3)cc21. The van der Waals surface area contributed by atoms with Crippen LogP contribution in [0.25, 0.3) is 44.5 Å². The molecule has 0 amide bonds. The first kappa shape index (κ1) is 41.9. The van der Waals surface area contributed by atoms with Crippen molar-refractivity contribution in [2.75, 3.05) is 9.80 Å². The van der Waals surface area contributed by atoms with Gasteiger partial charge in [0.05, 0.1) is 11.1 Å². The average molecular weight is 899 g/mol. The summed E-state index contributed by atoms with van der Waals surface area (Å²) >= 11 is 0. The molecule has 0 bridgehead atoms. The highest BCUT2D eigenvalue weighted by Crippen LogP contribution is 2.65. The zero-order valence-corrected chi connectivity index (χ0v) is 40.4. The van der Waals surface area contributed by atoms with E-state index in [0.29, 0.717) is 0 Å². The zero-order valence-electron chi connectivity index (χ0n) is 40.4. The Morgan fingerprint density at radius 2 is 0.743 bits per heavy atom. The molecule has 0 radical (unpaired) electrons. The molecular weight excluding hydrogens is 845 g/mol. The molecule has 1 spiro atoms. The Morgan fingerprint density at radius 1 is 0.300 bits per heavy atom. The number of anilines is 6. The summed E-state index contributed by atoms with van der Waals surface area (Å²) in [6.45, 7) is 11.7. The van der Waals surface area contributed by atoms with Gasteiger partial charge in [-0.3, -0.25) is 0 Å². The largest absolute Gasteiger partial charge is 0.310 e. The van der Waals surface area contributed by atoms with Gasteiger partial charge in [0.25, 0.3) is 0 Å². The number of rotatable bonds is 7. The average Bonchev–Trinajstić information content (AvgIpc) is 3.94. The number of benzene rings is 10. The standard InChI is InChI=1S/C68H54N2/c1-66(2,3)46-34-38-62-56(40-46)54-37-35-51(69(47-24-12-7-13-25-47)50-36-39-60-57(41-50)52-30-18-20-32-59(52)67(60,4)5)42-63(54)68(62)61-33-21-19-31-53(61)58-43-55(45-22-10-6-11-23-45)65(44-64(58)68)70(48-26-14-8-15-27-48)49-28-16-9-17-29-49/h6-44H,1-5H3. The molecule has 336 valence electrons. The van der Waals surface area contributed by atoms with Gasteiger partial charge in [-0.1, -0.05) is 198 Å². The van der Waals surface area contributed by atoms with E-state index in [0.717, 1.165) is 34.1 Å². The molecule has 70 heavy (non-hydrogen) atoms. The molecule has 3 aliphatic rings. The van der Waals surface area contributed by atoms with Crippen LogP contribution in [0.5, 0.6) is 0 Å². The van der Waals surface area contributed by atoms with Crippen LogP contribution in [-0.4, -0.2) is 0 Å². The third-order valence-corrected chi connectivity index (χ3v) is 15.6. The summed E-state index contributed by atoms with van der Waals surface area (Å²) in [7, 11) is 0. The monoisotopic (exact) mass is 898 g/mol. The summed E-state index contributed by atoms with van der Waals surface area (Å²) in [5.41, 5.74) is 25.4. The molecule has 3 aliphatic carbocycles. The number of fused-ring (bicyclic) bond motifs is 13. The molecule has 0 heterocycles. The van der Waals surface area contributed by atoms with Crippen molar-refractivity contribution in [3.63, 3.8) is 0 Å². The van der Waals surface area contributed by atoms with Gasteiger partial charge in [0.1, 0.15) is 0 Å². The summed E-state index contributed by atoms with van der Waals surface area (Å²) in [6, 6.07) is 88.7. The minimum absolute atomic E-state index is 0.0368. The highest BCUT2D eigenvalue weighted by molar-refractivity contribution is 6.01. The molecule has 1 unspecified atom stereocenters. The van der Waals surface area contributed by atoms with E-state index < -0.39 is 5.41 Å². The fraction of sp³-hybridized carbons (Fsp3) is 0.118. The summed E-state index contributed by atoms with van der Waals surface area (Å²) in [4.78, 5) is 4.93. The maximum absolute atomic E-state index is 2.55. The highest BCUT2D eigenvalue weighted by Gasteiger charge is 2.53. The molecule has 2 heteroatoms. The molecule has 0 aromatic heterocycles. The first-order valence-electron chi connectivity index (χ1n) is 24.8. The summed E-state index contributed by atoms with van der Waals surface area (Å²) in [5.74, 6) is 0. The Labute approximate surface area is 412 Å². The molecule has 0 aliphatic heterocycles. The van der Waals surface area contributed by atoms with Crippen molar-refractivity contribution in [2.45, 2.75) is 50.9 Å². The zero-order chi connectivity index (χ0) is 47.4. The fourth-order valence-electron chi connectivity index (χ4n) is 12.3. The van der Waals surface area contributed by atoms with E-state index >= 15 is 0 Å². The third kappa shape index (κ3) is 6.19. The van der Waals surface area contributed by atoms with Crippen molar-refractivity contribution in [2.24, 2.45) is 0 Å². The Bertz CT molecular complexity index is 3620. The van der Waals surface area contributed by atoms with Crippen LogP contribution in [0, 0.1) is 0 Å². The first-order chi connectivity index (χ1) is 34.1. The van der Waals surface area contributed by atoms with Crippen LogP contribution < -0.4 is 9.80 Å². The van der Waals surface area contributed by atoms with Gasteiger partial charge < -0.3 is 9.80 Å². The molecule has 10 aromatic rings. The lowest BCUT2D eigenvalue weighted by Gasteiger charge is -2.34. The molecule has 0 N–H and O–H groups in total. The Balaban J connectivity index is 1.11. The first-order valence-corrected chi connectivity index (χ1v) is 24.8. The van der Waals surface area contributed by atoms with E-state index in [2.05, 4.69) is 281 Å². The van der Waals surface area contributed by atoms with Gasteiger partial charge in [-0.05, 0) is 156 Å². The molecule has 0 saturated heterocycles. The molecule has 0 saturated carbocycles. The summed E-state index contributed by atoms with van der Waals surface area (Å²) in [5, 5.41) is 0. The van der Waals surface area contributed by atoms with Crippen molar-refractivity contribution in [3.8, 4) is 44.5 Å². The Morgan fingerprint density at radius 3 is 1.39 bits per heavy atom. The van der Waals surface area contributed by atoms with Crippen LogP contribution in [0.3, 0.4) is 0 Å². The molecule has 1 atom stereocenters. The van der Waals surface area contributed by atoms with Crippen LogP contribution in [0.15, 0.2) is 237 Å². The predicted molar refractivity (Wildman–Crippen MR) is 294 cm³/mol. The lowest BCUT2D eigenvalue weighted by Crippen LogP contribution is -2.27. The lowest BCUT2D eigenvalue weighted by molar-refractivity contribution is 0.590. The fourth-order valence-corrected chi connectivity index (χ4v) is 12.3. The third-order valence-electron chi connectivity index (χ3n) is 15.6. The van der Waals surface area contributed by atoms with Gasteiger partial charge in [0.2, 0.25) is 0 Å². The van der Waals surface area contributed by atoms with Crippen molar-refractivity contribution in [3.05, 3.63) is 276 Å². The number of nitrogens with zero attached hydrogens (tertiary/aromatic N) is 2. The van der Waals surface area contributed by atoms with E-state index in [4.69, 9.17) is 0 Å². The second kappa shape index (κ2) is 15.7. The minimum atomic E-state index is -0.630. The van der Waals surface area contributed by atoms with E-state index in [1.54, 1.807) is 0 Å². The van der Waals surface area contributed by atoms with Gasteiger partial charge in [-0.15, -0.1) is 0 Å². The van der Waals surface area contributed by atoms with Crippen LogP contribution in [-0.2, 0) is 16.2 Å². The van der Waals surface area contributed by atoms with Crippen LogP contribution >= 0.6 is 0 Å². The van der Waals surface area contributed by atoms with E-state index in [-0.39, 0.29) is 10.8 Å². The van der Waals surface area contributed by atoms with Crippen molar-refractivity contribution in [1.82, 2.24) is 0 Å². The van der Waals surface area contributed by atoms with Crippen molar-refractivity contribution >= 4 is 34.1 Å². The lowest BCUT2D eigenvalue weighted by atomic mass is 9.70. The van der Waals surface area contributed by atoms with E-state index in [1.807, 2.05) is 0 Å². The van der Waals surface area contributed by atoms with Crippen molar-refractivity contribution < 1.29 is 0 Å². The van der Waals surface area contributed by atoms with Crippen LogP contribution in [0.1, 0.15) is 73.6 Å². The van der Waals surface area contributed by atoms with Gasteiger partial charge in [-0.25, -0.2) is 0 Å². The quantitative estimate of drug-likeness (QED) is 0.157. The van der Waals surface area contributed by atoms with Gasteiger partial charge in [0, 0.05) is 39.4 Å².